The molecule has 2 atom stereocenters. The maximum atomic E-state index is 5.77. The van der Waals surface area contributed by atoms with E-state index in [0.29, 0.717) is 5.92 Å². The summed E-state index contributed by atoms with van der Waals surface area (Å²) in [5.41, 5.74) is 7.70. The summed E-state index contributed by atoms with van der Waals surface area (Å²) in [6, 6.07) is 5.88. The van der Waals surface area contributed by atoms with E-state index >= 15 is 0 Å². The van der Waals surface area contributed by atoms with Crippen molar-refractivity contribution in [2.45, 2.75) is 12.0 Å². The Morgan fingerprint density at radius 2 is 2.00 bits per heavy atom. The molecule has 0 spiro atoms. The Bertz CT molecular complexity index is 434. The van der Waals surface area contributed by atoms with Gasteiger partial charge in [0.25, 0.3) is 0 Å². The molecule has 0 radical (unpaired) electrons. The summed E-state index contributed by atoms with van der Waals surface area (Å²) in [5, 5.41) is 0. The van der Waals surface area contributed by atoms with Crippen LogP contribution in [-0.2, 0) is 0 Å². The summed E-state index contributed by atoms with van der Waals surface area (Å²) in [6.07, 6.45) is 8.51. The van der Waals surface area contributed by atoms with Crippen LogP contribution in [0.3, 0.4) is 0 Å². The van der Waals surface area contributed by atoms with Crippen LogP contribution in [-0.4, -0.2) is 6.10 Å². The molecule has 0 bridgehead atoms. The number of fused-ring (bicyclic) bond motifs is 3. The minimum Gasteiger partial charge on any atom is -0.485 e. The molecule has 2 N–H and O–H groups in total. The minimum atomic E-state index is 0.164. The number of nitrogens with two attached hydrogens (primary N) is 1. The second-order valence-electron chi connectivity index (χ2n) is 3.68. The Balaban J connectivity index is 2.11. The monoisotopic (exact) mass is 185 g/mol. The van der Waals surface area contributed by atoms with E-state index in [1.165, 1.54) is 5.56 Å². The highest BCUT2D eigenvalue weighted by atomic mass is 16.5. The van der Waals surface area contributed by atoms with Crippen molar-refractivity contribution in [3.8, 4) is 5.75 Å². The van der Waals surface area contributed by atoms with Crippen LogP contribution in [0.15, 0.2) is 42.5 Å². The number of rotatable bonds is 0. The number of hydrogen-bond acceptors (Lipinski definition) is 2. The van der Waals surface area contributed by atoms with Crippen molar-refractivity contribution in [3.63, 3.8) is 0 Å². The van der Waals surface area contributed by atoms with Crippen LogP contribution in [0.1, 0.15) is 11.5 Å². The molecule has 2 nitrogen and oxygen atoms in total. The van der Waals surface area contributed by atoms with E-state index in [1.807, 2.05) is 18.2 Å². The second-order valence-corrected chi connectivity index (χ2v) is 3.68. The molecular formula is C12H11NO. The van der Waals surface area contributed by atoms with Gasteiger partial charge in [0.05, 0.1) is 0 Å². The zero-order valence-electron chi connectivity index (χ0n) is 7.68. The van der Waals surface area contributed by atoms with Gasteiger partial charge in [-0.3, -0.25) is 0 Å². The maximum Gasteiger partial charge on any atom is 0.128 e. The molecule has 0 saturated carbocycles. The number of benzene rings is 1. The van der Waals surface area contributed by atoms with E-state index in [9.17, 15) is 0 Å². The quantitative estimate of drug-likeness (QED) is 0.629. The number of allylic oxidation sites excluding steroid dienone is 2. The summed E-state index contributed by atoms with van der Waals surface area (Å²) >= 11 is 0. The van der Waals surface area contributed by atoms with Gasteiger partial charge in [-0.05, 0) is 12.1 Å². The first-order valence-electron chi connectivity index (χ1n) is 4.76. The van der Waals surface area contributed by atoms with E-state index in [-0.39, 0.29) is 6.10 Å². The molecule has 0 fully saturated rings. The third kappa shape index (κ3) is 0.970. The Morgan fingerprint density at radius 1 is 1.14 bits per heavy atom. The van der Waals surface area contributed by atoms with Gasteiger partial charge in [-0.15, -0.1) is 0 Å². The molecule has 2 aliphatic rings. The van der Waals surface area contributed by atoms with Gasteiger partial charge in [0.15, 0.2) is 0 Å². The van der Waals surface area contributed by atoms with Gasteiger partial charge in [0, 0.05) is 23.2 Å². The Kier molecular flexibility index (Phi) is 1.45. The Morgan fingerprint density at radius 3 is 2.93 bits per heavy atom. The van der Waals surface area contributed by atoms with Gasteiger partial charge < -0.3 is 10.5 Å². The fourth-order valence-corrected chi connectivity index (χ4v) is 2.05. The first-order chi connectivity index (χ1) is 6.84. The topological polar surface area (TPSA) is 35.2 Å². The second kappa shape index (κ2) is 2.64. The summed E-state index contributed by atoms with van der Waals surface area (Å²) in [4.78, 5) is 0. The zero-order valence-corrected chi connectivity index (χ0v) is 7.68. The number of hydrogen-bond donors (Lipinski definition) is 1. The molecule has 1 aromatic carbocycles. The van der Waals surface area contributed by atoms with Gasteiger partial charge in [-0.25, -0.2) is 0 Å². The lowest BCUT2D eigenvalue weighted by Gasteiger charge is -2.13. The summed E-state index contributed by atoms with van der Waals surface area (Å²) < 4.78 is 5.77. The number of ether oxygens (including phenoxy) is 1. The molecule has 14 heavy (non-hydrogen) atoms. The lowest BCUT2D eigenvalue weighted by molar-refractivity contribution is 0.269. The van der Waals surface area contributed by atoms with Crippen LogP contribution in [0.25, 0.3) is 0 Å². The molecule has 2 heteroatoms. The molecule has 0 aromatic heterocycles. The standard InChI is InChI=1S/C12H11NO/c13-8-5-6-10-9-3-1-2-4-11(9)14-12(10)7-8/h1-7,9,11H,13H2. The fraction of sp³-hybridized carbons (Fsp3) is 0.167. The van der Waals surface area contributed by atoms with Crippen molar-refractivity contribution in [2.75, 3.05) is 5.73 Å². The van der Waals surface area contributed by atoms with Crippen LogP contribution < -0.4 is 10.5 Å². The first-order valence-corrected chi connectivity index (χ1v) is 4.76. The largest absolute Gasteiger partial charge is 0.485 e. The molecule has 1 aromatic rings. The highest BCUT2D eigenvalue weighted by Crippen LogP contribution is 2.41. The number of anilines is 1. The minimum absolute atomic E-state index is 0.164. The van der Waals surface area contributed by atoms with Crippen LogP contribution in [0.5, 0.6) is 5.75 Å². The third-order valence-electron chi connectivity index (χ3n) is 2.74. The van der Waals surface area contributed by atoms with Gasteiger partial charge in [0.1, 0.15) is 11.9 Å². The van der Waals surface area contributed by atoms with E-state index in [0.717, 1.165) is 11.4 Å². The first kappa shape index (κ1) is 7.68. The molecule has 70 valence electrons. The van der Waals surface area contributed by atoms with Gasteiger partial charge in [-0.1, -0.05) is 24.3 Å². The number of nitrogen functional groups attached to an aromatic ring is 1. The van der Waals surface area contributed by atoms with Crippen molar-refractivity contribution in [3.05, 3.63) is 48.1 Å². The van der Waals surface area contributed by atoms with Crippen LogP contribution in [0, 0.1) is 0 Å². The van der Waals surface area contributed by atoms with Gasteiger partial charge in [0.2, 0.25) is 0 Å². The fourth-order valence-electron chi connectivity index (χ4n) is 2.05. The van der Waals surface area contributed by atoms with Crippen LogP contribution >= 0.6 is 0 Å². The third-order valence-corrected chi connectivity index (χ3v) is 2.74. The summed E-state index contributed by atoms with van der Waals surface area (Å²) in [6.45, 7) is 0. The Hall–Kier alpha value is -1.70. The van der Waals surface area contributed by atoms with Crippen LogP contribution in [0.2, 0.25) is 0 Å². The molecule has 2 unspecified atom stereocenters. The molecule has 0 amide bonds. The molecule has 1 aliphatic heterocycles. The lowest BCUT2D eigenvalue weighted by Crippen LogP contribution is -2.15. The van der Waals surface area contributed by atoms with Crippen molar-refractivity contribution in [1.82, 2.24) is 0 Å². The van der Waals surface area contributed by atoms with Crippen LogP contribution in [0.4, 0.5) is 5.69 Å². The average Bonchev–Trinajstić information content (AvgIpc) is 2.54. The summed E-state index contributed by atoms with van der Waals surface area (Å²) in [5.74, 6) is 1.30. The maximum absolute atomic E-state index is 5.77. The molecule has 1 heterocycles. The van der Waals surface area contributed by atoms with Crippen molar-refractivity contribution < 1.29 is 4.74 Å². The van der Waals surface area contributed by atoms with E-state index < -0.39 is 0 Å². The van der Waals surface area contributed by atoms with Crippen molar-refractivity contribution >= 4 is 5.69 Å². The average molecular weight is 185 g/mol. The van der Waals surface area contributed by atoms with Gasteiger partial charge in [-0.2, -0.15) is 0 Å². The molecule has 3 rings (SSSR count). The Labute approximate surface area is 82.7 Å². The van der Waals surface area contributed by atoms with E-state index in [2.05, 4.69) is 24.3 Å². The lowest BCUT2D eigenvalue weighted by atomic mass is 9.92. The highest BCUT2D eigenvalue weighted by molar-refractivity contribution is 5.54. The highest BCUT2D eigenvalue weighted by Gasteiger charge is 2.31. The van der Waals surface area contributed by atoms with E-state index in [1.54, 1.807) is 0 Å². The summed E-state index contributed by atoms with van der Waals surface area (Å²) in [7, 11) is 0. The van der Waals surface area contributed by atoms with Crippen molar-refractivity contribution in [2.24, 2.45) is 0 Å². The van der Waals surface area contributed by atoms with E-state index in [4.69, 9.17) is 10.5 Å². The molecule has 1 aliphatic carbocycles. The van der Waals surface area contributed by atoms with Gasteiger partial charge >= 0.3 is 0 Å². The predicted octanol–water partition coefficient (Wildman–Crippen LogP) is 2.24. The zero-order chi connectivity index (χ0) is 9.54. The smallest absolute Gasteiger partial charge is 0.128 e. The predicted molar refractivity (Wildman–Crippen MR) is 56.3 cm³/mol. The normalized spacial score (nSPS) is 26.9. The molecule has 0 saturated heterocycles. The van der Waals surface area contributed by atoms with Crippen molar-refractivity contribution in [1.29, 1.82) is 0 Å². The molecular weight excluding hydrogens is 174 g/mol. The SMILES string of the molecule is Nc1ccc2c(c1)OC1C=CC=CC21.